The van der Waals surface area contributed by atoms with Crippen LogP contribution in [-0.2, 0) is 22.6 Å². The highest BCUT2D eigenvalue weighted by Gasteiger charge is 2.67. The summed E-state index contributed by atoms with van der Waals surface area (Å²) < 4.78 is 7.44. The third kappa shape index (κ3) is 5.33. The fraction of sp³-hybridized carbons (Fsp3) is 0.355. The van der Waals surface area contributed by atoms with Crippen molar-refractivity contribution in [3.8, 4) is 11.1 Å². The molecule has 46 heavy (non-hydrogen) atoms. The van der Waals surface area contributed by atoms with Crippen LogP contribution < -0.4 is 5.32 Å². The van der Waals surface area contributed by atoms with Gasteiger partial charge in [-0.3, -0.25) is 24.0 Å². The standard InChI is InChI=1S/C31H29BrN10O4/c1-15-5-19(20-10-34-17(3)35-11-20)6-21-28(16(2)43)39-41(29(15)21)14-27(44)42-22(30(45)38-25-13-33-12-24(32)37-25)7-31(8-23(31)42)9-26-36-18(4)40-46-26/h5-6,10-13,22-23H,7-9,14H2,1-4H3,(H,37,38,45)/t22-,23?,31-/m0/s1. The smallest absolute Gasteiger partial charge is 0.248 e. The Hall–Kier alpha value is -4.92. The second-order valence-electron chi connectivity index (χ2n) is 12.0. The molecule has 0 radical (unpaired) electrons. The van der Waals surface area contributed by atoms with Crippen molar-refractivity contribution in [2.24, 2.45) is 5.41 Å². The molecule has 3 atom stereocenters. The summed E-state index contributed by atoms with van der Waals surface area (Å²) >= 11 is 3.28. The first-order chi connectivity index (χ1) is 22.0. The number of nitrogens with zero attached hydrogens (tertiary/aromatic N) is 9. The first-order valence-corrected chi connectivity index (χ1v) is 15.5. The molecular formula is C31H29BrN10O4. The number of aromatic nitrogens is 8. The van der Waals surface area contributed by atoms with Gasteiger partial charge in [-0.25, -0.2) is 15.0 Å². The van der Waals surface area contributed by atoms with E-state index in [1.807, 2.05) is 26.0 Å². The van der Waals surface area contributed by atoms with E-state index >= 15 is 0 Å². The van der Waals surface area contributed by atoms with Crippen LogP contribution in [0.1, 0.15) is 53.4 Å². The number of benzene rings is 1. The molecule has 0 bridgehead atoms. The van der Waals surface area contributed by atoms with Crippen molar-refractivity contribution >= 4 is 50.2 Å². The molecule has 1 N–H and O–H groups in total. The second kappa shape index (κ2) is 11.2. The number of hydrogen-bond acceptors (Lipinski definition) is 11. The fourth-order valence-corrected chi connectivity index (χ4v) is 6.92. The Bertz CT molecular complexity index is 2040. The molecule has 2 amide bonds. The van der Waals surface area contributed by atoms with E-state index in [9.17, 15) is 14.4 Å². The molecule has 1 aromatic carbocycles. The molecule has 0 spiro atoms. The maximum Gasteiger partial charge on any atom is 0.248 e. The molecular weight excluding hydrogens is 656 g/mol. The summed E-state index contributed by atoms with van der Waals surface area (Å²) in [6.45, 7) is 6.77. The van der Waals surface area contributed by atoms with Gasteiger partial charge in [0.1, 0.15) is 28.7 Å². The zero-order valence-corrected chi connectivity index (χ0v) is 27.1. The Morgan fingerprint density at radius 1 is 1.02 bits per heavy atom. The Morgan fingerprint density at radius 3 is 2.50 bits per heavy atom. The molecule has 1 saturated carbocycles. The highest BCUT2D eigenvalue weighted by atomic mass is 79.9. The van der Waals surface area contributed by atoms with Crippen LogP contribution in [0, 0.1) is 26.2 Å². The van der Waals surface area contributed by atoms with Crippen molar-refractivity contribution < 1.29 is 18.9 Å². The molecule has 2 fully saturated rings. The number of hydrogen-bond donors (Lipinski definition) is 1. The predicted molar refractivity (Wildman–Crippen MR) is 167 cm³/mol. The van der Waals surface area contributed by atoms with E-state index in [0.29, 0.717) is 52.3 Å². The molecule has 5 aromatic rings. The van der Waals surface area contributed by atoms with E-state index < -0.39 is 6.04 Å². The predicted octanol–water partition coefficient (Wildman–Crippen LogP) is 3.80. The molecule has 1 aliphatic heterocycles. The summed E-state index contributed by atoms with van der Waals surface area (Å²) in [4.78, 5) is 63.6. The number of carbonyl (C=O) groups is 3. The number of Topliss-reactive ketones (excluding diaryl/α,β-unsaturated/α-hetero) is 1. The first kappa shape index (κ1) is 29.8. The van der Waals surface area contributed by atoms with Crippen LogP contribution in [0.4, 0.5) is 5.82 Å². The van der Waals surface area contributed by atoms with Gasteiger partial charge < -0.3 is 14.7 Å². The lowest BCUT2D eigenvalue weighted by Crippen LogP contribution is -2.46. The normalized spacial score (nSPS) is 20.2. The van der Waals surface area contributed by atoms with Gasteiger partial charge in [-0.1, -0.05) is 5.16 Å². The maximum absolute atomic E-state index is 14.2. The molecule has 15 heteroatoms. The Labute approximate surface area is 271 Å². The molecule has 2 aliphatic rings. The van der Waals surface area contributed by atoms with Crippen LogP contribution in [0.3, 0.4) is 0 Å². The number of nitrogens with one attached hydrogen (secondary N) is 1. The van der Waals surface area contributed by atoms with Gasteiger partial charge >= 0.3 is 0 Å². The summed E-state index contributed by atoms with van der Waals surface area (Å²) in [7, 11) is 0. The number of piperidine rings is 1. The van der Waals surface area contributed by atoms with Crippen molar-refractivity contribution in [2.45, 2.75) is 65.6 Å². The number of halogens is 1. The van der Waals surface area contributed by atoms with E-state index in [1.165, 1.54) is 19.3 Å². The van der Waals surface area contributed by atoms with Crippen molar-refractivity contribution in [3.63, 3.8) is 0 Å². The van der Waals surface area contributed by atoms with E-state index in [2.05, 4.69) is 56.4 Å². The summed E-state index contributed by atoms with van der Waals surface area (Å²) in [5.74, 6) is 1.04. The minimum atomic E-state index is -0.778. The van der Waals surface area contributed by atoms with Gasteiger partial charge in [0.25, 0.3) is 0 Å². The number of anilines is 1. The molecule has 234 valence electrons. The highest BCUT2D eigenvalue weighted by Crippen LogP contribution is 2.61. The molecule has 1 aliphatic carbocycles. The largest absolute Gasteiger partial charge is 0.339 e. The van der Waals surface area contributed by atoms with Gasteiger partial charge in [-0.05, 0) is 72.8 Å². The van der Waals surface area contributed by atoms with Crippen molar-refractivity contribution in [2.75, 3.05) is 5.32 Å². The Kier molecular flexibility index (Phi) is 7.22. The molecule has 5 heterocycles. The van der Waals surface area contributed by atoms with Gasteiger partial charge in [0.15, 0.2) is 17.4 Å². The topological polar surface area (TPSA) is 175 Å². The van der Waals surface area contributed by atoms with Crippen LogP contribution in [0.15, 0.2) is 46.0 Å². The van der Waals surface area contributed by atoms with E-state index in [-0.39, 0.29) is 47.1 Å². The molecule has 1 unspecified atom stereocenters. The number of ketones is 1. The van der Waals surface area contributed by atoms with Crippen LogP contribution in [0.5, 0.6) is 0 Å². The van der Waals surface area contributed by atoms with E-state index in [1.54, 1.807) is 28.9 Å². The van der Waals surface area contributed by atoms with Gasteiger partial charge in [-0.15, -0.1) is 0 Å². The van der Waals surface area contributed by atoms with Crippen LogP contribution in [-0.4, -0.2) is 74.4 Å². The van der Waals surface area contributed by atoms with Crippen LogP contribution >= 0.6 is 15.9 Å². The minimum Gasteiger partial charge on any atom is -0.339 e. The lowest BCUT2D eigenvalue weighted by atomic mass is 9.95. The van der Waals surface area contributed by atoms with E-state index in [4.69, 9.17) is 4.52 Å². The summed E-state index contributed by atoms with van der Waals surface area (Å²) in [5.41, 5.74) is 3.02. The van der Waals surface area contributed by atoms with Gasteiger partial charge in [0.05, 0.1) is 17.9 Å². The first-order valence-electron chi connectivity index (χ1n) is 14.7. The zero-order valence-electron chi connectivity index (χ0n) is 25.5. The number of fused-ring (bicyclic) bond motifs is 2. The molecule has 7 rings (SSSR count). The van der Waals surface area contributed by atoms with Gasteiger partial charge in [-0.2, -0.15) is 10.1 Å². The van der Waals surface area contributed by atoms with Crippen molar-refractivity contribution in [1.29, 1.82) is 0 Å². The molecule has 1 saturated heterocycles. The lowest BCUT2D eigenvalue weighted by Gasteiger charge is -2.27. The monoisotopic (exact) mass is 684 g/mol. The number of amides is 2. The number of likely N-dealkylation sites (tertiary alicyclic amines) is 1. The third-order valence-corrected chi connectivity index (χ3v) is 9.09. The summed E-state index contributed by atoms with van der Waals surface area (Å²) in [5, 5.41) is 12.0. The maximum atomic E-state index is 14.2. The summed E-state index contributed by atoms with van der Waals surface area (Å²) in [6, 6.07) is 2.86. The molecule has 14 nitrogen and oxygen atoms in total. The highest BCUT2D eigenvalue weighted by molar-refractivity contribution is 9.10. The average Bonchev–Trinajstić information content (AvgIpc) is 3.26. The van der Waals surface area contributed by atoms with Crippen LogP contribution in [0.25, 0.3) is 22.0 Å². The second-order valence-corrected chi connectivity index (χ2v) is 12.8. The lowest BCUT2D eigenvalue weighted by molar-refractivity contribution is -0.138. The quantitative estimate of drug-likeness (QED) is 0.235. The Balaban J connectivity index is 1.22. The van der Waals surface area contributed by atoms with Crippen molar-refractivity contribution in [3.05, 3.63) is 70.3 Å². The zero-order chi connectivity index (χ0) is 32.3. The minimum absolute atomic E-state index is 0.162. The van der Waals surface area contributed by atoms with Crippen LogP contribution in [0.2, 0.25) is 0 Å². The molecule has 4 aromatic heterocycles. The number of aryl methyl sites for hydroxylation is 3. The number of rotatable bonds is 8. The average molecular weight is 686 g/mol. The van der Waals surface area contributed by atoms with E-state index in [0.717, 1.165) is 16.7 Å². The fourth-order valence-electron chi connectivity index (χ4n) is 6.61. The number of carbonyl (C=O) groups excluding carboxylic acids is 3. The van der Waals surface area contributed by atoms with Crippen molar-refractivity contribution in [1.82, 2.24) is 44.8 Å². The van der Waals surface area contributed by atoms with Gasteiger partial charge in [0, 0.05) is 48.1 Å². The van der Waals surface area contributed by atoms with Gasteiger partial charge in [0.2, 0.25) is 17.7 Å². The third-order valence-electron chi connectivity index (χ3n) is 8.71. The Morgan fingerprint density at radius 2 is 1.80 bits per heavy atom. The summed E-state index contributed by atoms with van der Waals surface area (Å²) in [6.07, 6.45) is 7.99. The SMILES string of the molecule is CC(=O)c1nn(CC(=O)N2C3C[C@]3(Cc3nc(C)no3)C[C@H]2C(=O)Nc2cncc(Br)n2)c2c(C)cc(-c3cnc(C)nc3)cc12.